The molecule has 3 rings (SSSR count). The van der Waals surface area contributed by atoms with Gasteiger partial charge >= 0.3 is 0 Å². The standard InChI is InChI=1S/C23H27NO3S/c1-17(2)12-20-15-24(28(25,26)23-10-8-18(3)9-11-23)16-21(20)13-19-6-5-7-22(14-19)27-4/h5-14,20H,15-16H2,1-4H3/b21-13+. The molecule has 1 saturated heterocycles. The number of nitrogens with zero attached hydrogens (tertiary/aromatic N) is 1. The second kappa shape index (κ2) is 8.33. The maximum absolute atomic E-state index is 13.1. The van der Waals surface area contributed by atoms with Crippen molar-refractivity contribution in [1.82, 2.24) is 4.31 Å². The average molecular weight is 398 g/mol. The lowest BCUT2D eigenvalue weighted by atomic mass is 9.98. The van der Waals surface area contributed by atoms with Crippen LogP contribution in [-0.4, -0.2) is 32.9 Å². The van der Waals surface area contributed by atoms with E-state index in [1.807, 2.05) is 57.2 Å². The first-order valence-corrected chi connectivity index (χ1v) is 10.8. The molecule has 1 heterocycles. The number of aryl methyl sites for hydroxylation is 1. The minimum absolute atomic E-state index is 0.0661. The molecule has 0 bridgehead atoms. The molecule has 1 aliphatic heterocycles. The van der Waals surface area contributed by atoms with Crippen molar-refractivity contribution in [3.8, 4) is 5.75 Å². The van der Waals surface area contributed by atoms with Crippen molar-refractivity contribution >= 4 is 16.1 Å². The fourth-order valence-corrected chi connectivity index (χ4v) is 4.88. The van der Waals surface area contributed by atoms with Crippen LogP contribution >= 0.6 is 0 Å². The predicted molar refractivity (Wildman–Crippen MR) is 114 cm³/mol. The highest BCUT2D eigenvalue weighted by atomic mass is 32.2. The second-order valence-electron chi connectivity index (χ2n) is 7.46. The first-order valence-electron chi connectivity index (χ1n) is 9.36. The van der Waals surface area contributed by atoms with Crippen LogP contribution in [0.1, 0.15) is 25.0 Å². The van der Waals surface area contributed by atoms with E-state index in [0.29, 0.717) is 18.0 Å². The van der Waals surface area contributed by atoms with E-state index in [-0.39, 0.29) is 5.92 Å². The molecular formula is C23H27NO3S. The lowest BCUT2D eigenvalue weighted by molar-refractivity contribution is 0.414. The third-order valence-electron chi connectivity index (χ3n) is 4.87. The Labute approximate surface area is 168 Å². The van der Waals surface area contributed by atoms with E-state index in [9.17, 15) is 8.42 Å². The van der Waals surface area contributed by atoms with E-state index >= 15 is 0 Å². The molecule has 148 valence electrons. The molecule has 28 heavy (non-hydrogen) atoms. The highest BCUT2D eigenvalue weighted by Gasteiger charge is 2.34. The molecule has 0 spiro atoms. The van der Waals surface area contributed by atoms with E-state index in [2.05, 4.69) is 12.2 Å². The topological polar surface area (TPSA) is 46.6 Å². The fourth-order valence-electron chi connectivity index (χ4n) is 3.42. The number of methoxy groups -OCH3 is 1. The quantitative estimate of drug-likeness (QED) is 0.689. The Morgan fingerprint density at radius 2 is 1.86 bits per heavy atom. The van der Waals surface area contributed by atoms with Crippen molar-refractivity contribution in [3.63, 3.8) is 0 Å². The molecule has 0 amide bonds. The minimum atomic E-state index is -3.52. The van der Waals surface area contributed by atoms with Crippen molar-refractivity contribution in [2.75, 3.05) is 20.2 Å². The smallest absolute Gasteiger partial charge is 0.243 e. The van der Waals surface area contributed by atoms with Crippen LogP contribution in [0.5, 0.6) is 5.75 Å². The van der Waals surface area contributed by atoms with Gasteiger partial charge in [-0.1, -0.05) is 47.6 Å². The molecule has 1 unspecified atom stereocenters. The van der Waals surface area contributed by atoms with Gasteiger partial charge in [-0.25, -0.2) is 8.42 Å². The first kappa shape index (κ1) is 20.4. The predicted octanol–water partition coefficient (Wildman–Crippen LogP) is 4.67. The van der Waals surface area contributed by atoms with Crippen LogP contribution in [0.3, 0.4) is 0 Å². The normalized spacial score (nSPS) is 19.0. The van der Waals surface area contributed by atoms with Crippen molar-refractivity contribution in [1.29, 1.82) is 0 Å². The number of sulfonamides is 1. The number of allylic oxidation sites excluding steroid dienone is 1. The number of hydrogen-bond donors (Lipinski definition) is 0. The molecule has 1 aliphatic rings. The molecule has 0 saturated carbocycles. The third kappa shape index (κ3) is 4.54. The molecule has 0 radical (unpaired) electrons. The van der Waals surface area contributed by atoms with Crippen LogP contribution in [-0.2, 0) is 10.0 Å². The van der Waals surface area contributed by atoms with E-state index in [4.69, 9.17) is 4.74 Å². The molecular weight excluding hydrogens is 370 g/mol. The molecule has 0 N–H and O–H groups in total. The van der Waals surface area contributed by atoms with Gasteiger partial charge in [0.15, 0.2) is 0 Å². The zero-order valence-corrected chi connectivity index (χ0v) is 17.7. The average Bonchev–Trinajstić information content (AvgIpc) is 3.05. The summed E-state index contributed by atoms with van der Waals surface area (Å²) in [4.78, 5) is 0.344. The molecule has 2 aromatic carbocycles. The van der Waals surface area contributed by atoms with Crippen molar-refractivity contribution in [2.45, 2.75) is 25.7 Å². The van der Waals surface area contributed by atoms with Crippen LogP contribution in [0.15, 0.2) is 70.6 Å². The number of ether oxygens (including phenoxy) is 1. The molecule has 1 atom stereocenters. The van der Waals surface area contributed by atoms with Gasteiger partial charge in [0.25, 0.3) is 0 Å². The number of rotatable bonds is 5. The summed E-state index contributed by atoms with van der Waals surface area (Å²) in [6.07, 6.45) is 4.23. The molecule has 4 nitrogen and oxygen atoms in total. The molecule has 0 aliphatic carbocycles. The molecule has 2 aromatic rings. The summed E-state index contributed by atoms with van der Waals surface area (Å²) >= 11 is 0. The van der Waals surface area contributed by atoms with Gasteiger partial charge in [-0.15, -0.1) is 0 Å². The Balaban J connectivity index is 1.95. The van der Waals surface area contributed by atoms with Crippen LogP contribution in [0.2, 0.25) is 0 Å². The summed E-state index contributed by atoms with van der Waals surface area (Å²) in [7, 11) is -1.88. The summed E-state index contributed by atoms with van der Waals surface area (Å²) in [6.45, 7) is 6.88. The van der Waals surface area contributed by atoms with Gasteiger partial charge in [0.05, 0.1) is 12.0 Å². The largest absolute Gasteiger partial charge is 0.497 e. The van der Waals surface area contributed by atoms with Gasteiger partial charge in [0, 0.05) is 19.0 Å². The maximum Gasteiger partial charge on any atom is 0.243 e. The lowest BCUT2D eigenvalue weighted by Crippen LogP contribution is -2.28. The Bertz CT molecular complexity index is 1000. The summed E-state index contributed by atoms with van der Waals surface area (Å²) in [6, 6.07) is 14.9. The Hall–Kier alpha value is -2.37. The van der Waals surface area contributed by atoms with Gasteiger partial charge < -0.3 is 4.74 Å². The number of benzene rings is 2. The highest BCUT2D eigenvalue weighted by molar-refractivity contribution is 7.89. The van der Waals surface area contributed by atoms with Crippen molar-refractivity contribution in [2.24, 2.45) is 5.92 Å². The van der Waals surface area contributed by atoms with E-state index in [0.717, 1.165) is 22.4 Å². The van der Waals surface area contributed by atoms with Crippen molar-refractivity contribution < 1.29 is 13.2 Å². The maximum atomic E-state index is 13.1. The van der Waals surface area contributed by atoms with E-state index < -0.39 is 10.0 Å². The van der Waals surface area contributed by atoms with E-state index in [1.165, 1.54) is 5.57 Å². The summed E-state index contributed by atoms with van der Waals surface area (Å²) in [5.41, 5.74) is 4.32. The zero-order chi connectivity index (χ0) is 20.3. The minimum Gasteiger partial charge on any atom is -0.497 e. The SMILES string of the molecule is COc1cccc(/C=C2\CN(S(=O)(=O)c3ccc(C)cc3)CC2C=C(C)C)c1. The van der Waals surface area contributed by atoms with Crippen LogP contribution in [0, 0.1) is 12.8 Å². The molecule has 1 fully saturated rings. The number of hydrogen-bond acceptors (Lipinski definition) is 3. The highest BCUT2D eigenvalue weighted by Crippen LogP contribution is 2.32. The Morgan fingerprint density at radius 1 is 1.14 bits per heavy atom. The van der Waals surface area contributed by atoms with Crippen LogP contribution < -0.4 is 4.74 Å². The molecule has 5 heteroatoms. The Kier molecular flexibility index (Phi) is 6.06. The van der Waals surface area contributed by atoms with Gasteiger partial charge in [0.1, 0.15) is 5.75 Å². The first-order chi connectivity index (χ1) is 13.3. The molecule has 0 aromatic heterocycles. The van der Waals surface area contributed by atoms with Gasteiger partial charge in [0.2, 0.25) is 10.0 Å². The zero-order valence-electron chi connectivity index (χ0n) is 16.8. The summed E-state index contributed by atoms with van der Waals surface area (Å²) < 4.78 is 33.2. The fraction of sp³-hybridized carbons (Fsp3) is 0.304. The van der Waals surface area contributed by atoms with Crippen LogP contribution in [0.25, 0.3) is 6.08 Å². The van der Waals surface area contributed by atoms with Gasteiger partial charge in [-0.2, -0.15) is 4.31 Å². The summed E-state index contributed by atoms with van der Waals surface area (Å²) in [5, 5.41) is 0. The van der Waals surface area contributed by atoms with Crippen molar-refractivity contribution in [3.05, 3.63) is 76.9 Å². The van der Waals surface area contributed by atoms with Crippen LogP contribution in [0.4, 0.5) is 0 Å². The third-order valence-corrected chi connectivity index (χ3v) is 6.70. The monoisotopic (exact) mass is 397 g/mol. The van der Waals surface area contributed by atoms with Gasteiger partial charge in [-0.05, 0) is 56.2 Å². The Morgan fingerprint density at radius 3 is 2.50 bits per heavy atom. The summed E-state index contributed by atoms with van der Waals surface area (Å²) in [5.74, 6) is 0.853. The van der Waals surface area contributed by atoms with E-state index in [1.54, 1.807) is 23.5 Å². The second-order valence-corrected chi connectivity index (χ2v) is 9.39. The van der Waals surface area contributed by atoms with Gasteiger partial charge in [-0.3, -0.25) is 0 Å². The lowest BCUT2D eigenvalue weighted by Gasteiger charge is -2.15.